The molecule has 0 radical (unpaired) electrons. The molecule has 20 heavy (non-hydrogen) atoms. The molecular weight excluding hydrogens is 250 g/mol. The third-order valence-corrected chi connectivity index (χ3v) is 5.59. The normalized spacial score (nSPS) is 35.6. The molecule has 0 aromatic carbocycles. The van der Waals surface area contributed by atoms with E-state index in [2.05, 4.69) is 18.7 Å². The second-order valence-electron chi connectivity index (χ2n) is 7.48. The van der Waals surface area contributed by atoms with Gasteiger partial charge in [-0.25, -0.2) is 0 Å². The van der Waals surface area contributed by atoms with E-state index in [1.54, 1.807) is 0 Å². The van der Waals surface area contributed by atoms with Gasteiger partial charge in [0.05, 0.1) is 5.41 Å². The number of aliphatic carboxylic acids is 1. The quantitative estimate of drug-likeness (QED) is 0.833. The van der Waals surface area contributed by atoms with Crippen molar-refractivity contribution in [3.63, 3.8) is 0 Å². The van der Waals surface area contributed by atoms with Gasteiger partial charge < -0.3 is 5.11 Å². The Balaban J connectivity index is 1.94. The standard InChI is InChI=1S/C17H31NO2/c1-4-17(16(19)20)8-9-18(12-17)15-7-5-6-14(11-15)10-13(2)3/h13-15H,4-12H2,1-3H3,(H,19,20). The second-order valence-corrected chi connectivity index (χ2v) is 7.48. The molecule has 3 atom stereocenters. The Bertz CT molecular complexity index is 342. The first-order valence-corrected chi connectivity index (χ1v) is 8.44. The van der Waals surface area contributed by atoms with Crippen LogP contribution in [0, 0.1) is 17.3 Å². The minimum atomic E-state index is -0.586. The lowest BCUT2D eigenvalue weighted by molar-refractivity contribution is -0.148. The third-order valence-electron chi connectivity index (χ3n) is 5.59. The van der Waals surface area contributed by atoms with Crippen molar-refractivity contribution in [1.29, 1.82) is 0 Å². The number of carboxylic acid groups (broad SMARTS) is 1. The molecule has 2 aliphatic rings. The summed E-state index contributed by atoms with van der Waals surface area (Å²) in [5, 5.41) is 9.52. The lowest BCUT2D eigenvalue weighted by atomic mass is 9.80. The van der Waals surface area contributed by atoms with Crippen LogP contribution in [0.25, 0.3) is 0 Å². The van der Waals surface area contributed by atoms with E-state index in [0.29, 0.717) is 6.04 Å². The summed E-state index contributed by atoms with van der Waals surface area (Å²) in [6.07, 6.45) is 8.20. The fourth-order valence-corrected chi connectivity index (χ4v) is 4.31. The molecule has 0 bridgehead atoms. The maximum atomic E-state index is 11.6. The molecule has 3 nitrogen and oxygen atoms in total. The Morgan fingerprint density at radius 2 is 2.15 bits per heavy atom. The molecule has 1 aliphatic carbocycles. The summed E-state index contributed by atoms with van der Waals surface area (Å²) in [6, 6.07) is 0.639. The predicted molar refractivity (Wildman–Crippen MR) is 81.8 cm³/mol. The summed E-state index contributed by atoms with van der Waals surface area (Å²) >= 11 is 0. The minimum Gasteiger partial charge on any atom is -0.481 e. The SMILES string of the molecule is CCC1(C(=O)O)CCN(C2CCCC(CC(C)C)C2)C1. The Kier molecular flexibility index (Phi) is 5.11. The van der Waals surface area contributed by atoms with Crippen LogP contribution in [0.5, 0.6) is 0 Å². The molecule has 0 amide bonds. The smallest absolute Gasteiger partial charge is 0.310 e. The molecule has 1 aliphatic heterocycles. The number of hydrogen-bond acceptors (Lipinski definition) is 2. The third kappa shape index (κ3) is 3.36. The van der Waals surface area contributed by atoms with Gasteiger partial charge in [0.2, 0.25) is 0 Å². The molecule has 1 heterocycles. The molecule has 2 rings (SSSR count). The van der Waals surface area contributed by atoms with Crippen molar-refractivity contribution in [3.05, 3.63) is 0 Å². The fourth-order valence-electron chi connectivity index (χ4n) is 4.31. The zero-order chi connectivity index (χ0) is 14.8. The highest BCUT2D eigenvalue weighted by Gasteiger charge is 2.45. The van der Waals surface area contributed by atoms with Crippen molar-refractivity contribution in [1.82, 2.24) is 4.90 Å². The van der Waals surface area contributed by atoms with Crippen molar-refractivity contribution in [2.45, 2.75) is 71.8 Å². The molecule has 1 N–H and O–H groups in total. The van der Waals surface area contributed by atoms with Crippen molar-refractivity contribution in [3.8, 4) is 0 Å². The van der Waals surface area contributed by atoms with Gasteiger partial charge in [0, 0.05) is 12.6 Å². The van der Waals surface area contributed by atoms with Gasteiger partial charge in [-0.2, -0.15) is 0 Å². The summed E-state index contributed by atoms with van der Waals surface area (Å²) in [7, 11) is 0. The van der Waals surface area contributed by atoms with Crippen molar-refractivity contribution in [2.24, 2.45) is 17.3 Å². The van der Waals surface area contributed by atoms with Gasteiger partial charge in [0.1, 0.15) is 0 Å². The molecule has 1 saturated carbocycles. The fraction of sp³-hybridized carbons (Fsp3) is 0.941. The monoisotopic (exact) mass is 281 g/mol. The predicted octanol–water partition coefficient (Wildman–Crippen LogP) is 3.78. The van der Waals surface area contributed by atoms with Crippen molar-refractivity contribution in [2.75, 3.05) is 13.1 Å². The van der Waals surface area contributed by atoms with Gasteiger partial charge in [-0.05, 0) is 50.5 Å². The van der Waals surface area contributed by atoms with E-state index in [0.717, 1.165) is 37.8 Å². The van der Waals surface area contributed by atoms with E-state index in [-0.39, 0.29) is 0 Å². The van der Waals surface area contributed by atoms with Crippen LogP contribution in [0.1, 0.15) is 65.7 Å². The number of rotatable bonds is 5. The molecule has 1 saturated heterocycles. The number of carboxylic acids is 1. The molecule has 3 unspecified atom stereocenters. The Labute approximate surface area is 123 Å². The highest BCUT2D eigenvalue weighted by molar-refractivity contribution is 5.75. The average Bonchev–Trinajstić information content (AvgIpc) is 2.84. The molecule has 0 spiro atoms. The maximum Gasteiger partial charge on any atom is 0.310 e. The number of nitrogens with zero attached hydrogens (tertiary/aromatic N) is 1. The van der Waals surface area contributed by atoms with Crippen LogP contribution < -0.4 is 0 Å². The largest absolute Gasteiger partial charge is 0.481 e. The first kappa shape index (κ1) is 15.8. The Morgan fingerprint density at radius 3 is 2.70 bits per heavy atom. The first-order chi connectivity index (χ1) is 9.47. The van der Waals surface area contributed by atoms with Gasteiger partial charge in [0.25, 0.3) is 0 Å². The van der Waals surface area contributed by atoms with E-state index in [1.165, 1.54) is 32.1 Å². The van der Waals surface area contributed by atoms with Crippen LogP contribution in [0.15, 0.2) is 0 Å². The van der Waals surface area contributed by atoms with Gasteiger partial charge in [-0.15, -0.1) is 0 Å². The van der Waals surface area contributed by atoms with Gasteiger partial charge in [-0.3, -0.25) is 9.69 Å². The summed E-state index contributed by atoms with van der Waals surface area (Å²) < 4.78 is 0. The summed E-state index contributed by atoms with van der Waals surface area (Å²) in [5.74, 6) is 1.05. The van der Waals surface area contributed by atoms with Crippen molar-refractivity contribution < 1.29 is 9.90 Å². The van der Waals surface area contributed by atoms with E-state index in [9.17, 15) is 9.90 Å². The van der Waals surface area contributed by atoms with Crippen LogP contribution in [-0.4, -0.2) is 35.1 Å². The first-order valence-electron chi connectivity index (χ1n) is 8.44. The summed E-state index contributed by atoms with van der Waals surface area (Å²) in [5.41, 5.74) is -0.467. The molecule has 0 aromatic rings. The molecule has 3 heteroatoms. The van der Waals surface area contributed by atoms with E-state index in [1.807, 2.05) is 6.92 Å². The molecule has 116 valence electrons. The Morgan fingerprint density at radius 1 is 1.40 bits per heavy atom. The number of carbonyl (C=O) groups is 1. The van der Waals surface area contributed by atoms with Crippen molar-refractivity contribution >= 4 is 5.97 Å². The molecule has 0 aromatic heterocycles. The summed E-state index contributed by atoms with van der Waals surface area (Å²) in [6.45, 7) is 8.41. The maximum absolute atomic E-state index is 11.6. The lowest BCUT2D eigenvalue weighted by Gasteiger charge is -2.36. The second kappa shape index (κ2) is 6.46. The zero-order valence-corrected chi connectivity index (χ0v) is 13.4. The molecular formula is C17H31NO2. The molecule has 2 fully saturated rings. The highest BCUT2D eigenvalue weighted by atomic mass is 16.4. The number of likely N-dealkylation sites (tertiary alicyclic amines) is 1. The zero-order valence-electron chi connectivity index (χ0n) is 13.4. The van der Waals surface area contributed by atoms with E-state index in [4.69, 9.17) is 0 Å². The highest BCUT2D eigenvalue weighted by Crippen LogP contribution is 2.39. The van der Waals surface area contributed by atoms with Gasteiger partial charge in [0.15, 0.2) is 0 Å². The van der Waals surface area contributed by atoms with Crippen LogP contribution in [0.4, 0.5) is 0 Å². The van der Waals surface area contributed by atoms with Gasteiger partial charge >= 0.3 is 5.97 Å². The van der Waals surface area contributed by atoms with Gasteiger partial charge in [-0.1, -0.05) is 33.6 Å². The lowest BCUT2D eigenvalue weighted by Crippen LogP contribution is -2.41. The van der Waals surface area contributed by atoms with Crippen LogP contribution >= 0.6 is 0 Å². The average molecular weight is 281 g/mol. The Hall–Kier alpha value is -0.570. The van der Waals surface area contributed by atoms with Crippen LogP contribution in [-0.2, 0) is 4.79 Å². The minimum absolute atomic E-state index is 0.467. The number of hydrogen-bond donors (Lipinski definition) is 1. The topological polar surface area (TPSA) is 40.5 Å². The summed E-state index contributed by atoms with van der Waals surface area (Å²) in [4.78, 5) is 14.1. The van der Waals surface area contributed by atoms with Crippen LogP contribution in [0.2, 0.25) is 0 Å². The van der Waals surface area contributed by atoms with Crippen LogP contribution in [0.3, 0.4) is 0 Å². The van der Waals surface area contributed by atoms with E-state index >= 15 is 0 Å². The van der Waals surface area contributed by atoms with E-state index < -0.39 is 11.4 Å².